The van der Waals surface area contributed by atoms with Gasteiger partial charge in [-0.2, -0.15) is 4.98 Å². The fraction of sp³-hybridized carbons (Fsp3) is 0.385. The van der Waals surface area contributed by atoms with E-state index in [0.717, 1.165) is 22.6 Å². The third-order valence-electron chi connectivity index (χ3n) is 3.52. The van der Waals surface area contributed by atoms with E-state index in [1.807, 2.05) is 25.1 Å². The number of benzene rings is 1. The number of nitrogens with two attached hydrogens (primary N) is 1. The Hall–Kier alpha value is -1.84. The van der Waals surface area contributed by atoms with Crippen LogP contribution in [-0.4, -0.2) is 10.1 Å². The van der Waals surface area contributed by atoms with Crippen molar-refractivity contribution in [3.05, 3.63) is 29.6 Å². The van der Waals surface area contributed by atoms with Gasteiger partial charge in [-0.1, -0.05) is 17.6 Å². The summed E-state index contributed by atoms with van der Waals surface area (Å²) in [6.07, 6.45) is 3.62. The molecule has 0 radical (unpaired) electrons. The highest BCUT2D eigenvalue weighted by Crippen LogP contribution is 2.36. The number of rotatable bonds is 2. The Morgan fingerprint density at radius 1 is 1.35 bits per heavy atom. The summed E-state index contributed by atoms with van der Waals surface area (Å²) in [6, 6.07) is 5.75. The first kappa shape index (κ1) is 10.3. The Balaban J connectivity index is 1.97. The highest BCUT2D eigenvalue weighted by molar-refractivity contribution is 5.66. The standard InChI is InChI=1S/C13H15N3O/c1-8-10(6-3-7-11(8)14)13-15-12(16-17-13)9-4-2-5-9/h3,6-7,9H,2,4-5,14H2,1H3. The molecule has 3 rings (SSSR count). The zero-order valence-electron chi connectivity index (χ0n) is 9.81. The molecule has 4 heteroatoms. The van der Waals surface area contributed by atoms with E-state index in [9.17, 15) is 0 Å². The Kier molecular flexibility index (Phi) is 2.35. The van der Waals surface area contributed by atoms with E-state index < -0.39 is 0 Å². The Bertz CT molecular complexity index is 543. The number of hydrogen-bond acceptors (Lipinski definition) is 4. The fourth-order valence-electron chi connectivity index (χ4n) is 2.06. The predicted molar refractivity (Wildman–Crippen MR) is 65.5 cm³/mol. The van der Waals surface area contributed by atoms with Crippen LogP contribution in [0.5, 0.6) is 0 Å². The highest BCUT2D eigenvalue weighted by Gasteiger charge is 2.25. The number of nitrogen functional groups attached to an aromatic ring is 1. The molecule has 1 aromatic carbocycles. The molecule has 1 aliphatic carbocycles. The van der Waals surface area contributed by atoms with Gasteiger partial charge < -0.3 is 10.3 Å². The molecule has 2 aromatic rings. The Labute approximate surface area is 99.8 Å². The Morgan fingerprint density at radius 2 is 2.18 bits per heavy atom. The van der Waals surface area contributed by atoms with Crippen LogP contribution in [0, 0.1) is 6.92 Å². The summed E-state index contributed by atoms with van der Waals surface area (Å²) in [5.74, 6) is 1.92. The molecule has 0 saturated heterocycles. The number of nitrogens with zero attached hydrogens (tertiary/aromatic N) is 2. The summed E-state index contributed by atoms with van der Waals surface area (Å²) in [6.45, 7) is 1.97. The van der Waals surface area contributed by atoms with Crippen LogP contribution in [0.3, 0.4) is 0 Å². The summed E-state index contributed by atoms with van der Waals surface area (Å²) >= 11 is 0. The molecule has 17 heavy (non-hydrogen) atoms. The van der Waals surface area contributed by atoms with Gasteiger partial charge in [0, 0.05) is 17.2 Å². The van der Waals surface area contributed by atoms with E-state index in [1.165, 1.54) is 19.3 Å². The average Bonchev–Trinajstić information content (AvgIpc) is 2.68. The van der Waals surface area contributed by atoms with Gasteiger partial charge in [-0.25, -0.2) is 0 Å². The first-order valence-electron chi connectivity index (χ1n) is 5.95. The molecule has 1 heterocycles. The molecule has 0 unspecified atom stereocenters. The smallest absolute Gasteiger partial charge is 0.258 e. The first-order valence-corrected chi connectivity index (χ1v) is 5.95. The van der Waals surface area contributed by atoms with Crippen molar-refractivity contribution in [2.24, 2.45) is 0 Å². The zero-order chi connectivity index (χ0) is 11.8. The van der Waals surface area contributed by atoms with E-state index in [4.69, 9.17) is 10.3 Å². The molecule has 1 aromatic heterocycles. The van der Waals surface area contributed by atoms with Gasteiger partial charge in [-0.3, -0.25) is 0 Å². The quantitative estimate of drug-likeness (QED) is 0.804. The molecule has 0 bridgehead atoms. The lowest BCUT2D eigenvalue weighted by molar-refractivity contribution is 0.366. The van der Waals surface area contributed by atoms with Crippen LogP contribution in [0.2, 0.25) is 0 Å². The van der Waals surface area contributed by atoms with Gasteiger partial charge in [0.1, 0.15) is 0 Å². The summed E-state index contributed by atoms with van der Waals surface area (Å²) in [7, 11) is 0. The van der Waals surface area contributed by atoms with Gasteiger partial charge in [0.25, 0.3) is 5.89 Å². The summed E-state index contributed by atoms with van der Waals surface area (Å²) in [5.41, 5.74) is 8.56. The van der Waals surface area contributed by atoms with E-state index >= 15 is 0 Å². The van der Waals surface area contributed by atoms with Gasteiger partial charge in [0.2, 0.25) is 0 Å². The number of aromatic nitrogens is 2. The molecule has 88 valence electrons. The maximum absolute atomic E-state index is 5.87. The summed E-state index contributed by atoms with van der Waals surface area (Å²) < 4.78 is 5.33. The van der Waals surface area contributed by atoms with Crippen LogP contribution in [0.4, 0.5) is 5.69 Å². The Morgan fingerprint density at radius 3 is 2.88 bits per heavy atom. The molecule has 0 atom stereocenters. The maximum Gasteiger partial charge on any atom is 0.258 e. The van der Waals surface area contributed by atoms with Crippen LogP contribution < -0.4 is 5.73 Å². The van der Waals surface area contributed by atoms with Crippen LogP contribution in [0.1, 0.15) is 36.6 Å². The van der Waals surface area contributed by atoms with Gasteiger partial charge in [-0.05, 0) is 37.5 Å². The van der Waals surface area contributed by atoms with Gasteiger partial charge in [0.15, 0.2) is 5.82 Å². The van der Waals surface area contributed by atoms with E-state index in [1.54, 1.807) is 0 Å². The van der Waals surface area contributed by atoms with E-state index in [2.05, 4.69) is 10.1 Å². The monoisotopic (exact) mass is 229 g/mol. The van der Waals surface area contributed by atoms with Crippen molar-refractivity contribution in [2.75, 3.05) is 5.73 Å². The predicted octanol–water partition coefficient (Wildman–Crippen LogP) is 2.89. The van der Waals surface area contributed by atoms with Crippen LogP contribution in [0.15, 0.2) is 22.7 Å². The van der Waals surface area contributed by atoms with Crippen molar-refractivity contribution in [3.8, 4) is 11.5 Å². The maximum atomic E-state index is 5.87. The van der Waals surface area contributed by atoms with Crippen LogP contribution in [-0.2, 0) is 0 Å². The van der Waals surface area contributed by atoms with Crippen molar-refractivity contribution < 1.29 is 4.52 Å². The van der Waals surface area contributed by atoms with Crippen molar-refractivity contribution in [1.82, 2.24) is 10.1 Å². The van der Waals surface area contributed by atoms with Gasteiger partial charge in [0.05, 0.1) is 0 Å². The molecule has 1 fully saturated rings. The lowest BCUT2D eigenvalue weighted by Gasteiger charge is -2.20. The third-order valence-corrected chi connectivity index (χ3v) is 3.52. The van der Waals surface area contributed by atoms with Gasteiger partial charge >= 0.3 is 0 Å². The molecule has 4 nitrogen and oxygen atoms in total. The SMILES string of the molecule is Cc1c(N)cccc1-c1nc(C2CCC2)no1. The van der Waals surface area contributed by atoms with E-state index in [0.29, 0.717) is 11.8 Å². The second-order valence-corrected chi connectivity index (χ2v) is 4.61. The first-order chi connectivity index (χ1) is 8.25. The molecule has 1 aliphatic rings. The lowest BCUT2D eigenvalue weighted by atomic mass is 9.85. The minimum Gasteiger partial charge on any atom is -0.398 e. The normalized spacial score (nSPS) is 15.8. The zero-order valence-corrected chi connectivity index (χ0v) is 9.81. The fourth-order valence-corrected chi connectivity index (χ4v) is 2.06. The molecule has 0 aliphatic heterocycles. The second kappa shape index (κ2) is 3.87. The summed E-state index contributed by atoms with van der Waals surface area (Å²) in [4.78, 5) is 4.47. The third kappa shape index (κ3) is 1.69. The molecule has 0 spiro atoms. The molecule has 1 saturated carbocycles. The molecule has 0 amide bonds. The van der Waals surface area contributed by atoms with E-state index in [-0.39, 0.29) is 0 Å². The number of hydrogen-bond donors (Lipinski definition) is 1. The lowest BCUT2D eigenvalue weighted by Crippen LogP contribution is -2.10. The molecular weight excluding hydrogens is 214 g/mol. The second-order valence-electron chi connectivity index (χ2n) is 4.61. The molecule has 2 N–H and O–H groups in total. The molecular formula is C13H15N3O. The summed E-state index contributed by atoms with van der Waals surface area (Å²) in [5, 5.41) is 4.06. The van der Waals surface area contributed by atoms with Crippen molar-refractivity contribution in [3.63, 3.8) is 0 Å². The topological polar surface area (TPSA) is 64.9 Å². The van der Waals surface area contributed by atoms with Crippen molar-refractivity contribution >= 4 is 5.69 Å². The van der Waals surface area contributed by atoms with Crippen molar-refractivity contribution in [2.45, 2.75) is 32.1 Å². The van der Waals surface area contributed by atoms with Crippen LogP contribution >= 0.6 is 0 Å². The minimum atomic E-state index is 0.494. The van der Waals surface area contributed by atoms with Gasteiger partial charge in [-0.15, -0.1) is 0 Å². The highest BCUT2D eigenvalue weighted by atomic mass is 16.5. The van der Waals surface area contributed by atoms with Crippen LogP contribution in [0.25, 0.3) is 11.5 Å². The largest absolute Gasteiger partial charge is 0.398 e. The van der Waals surface area contributed by atoms with Crippen molar-refractivity contribution in [1.29, 1.82) is 0 Å². The average molecular weight is 229 g/mol. The number of anilines is 1. The minimum absolute atomic E-state index is 0.494.